The maximum absolute atomic E-state index is 4.33. The van der Waals surface area contributed by atoms with Crippen LogP contribution in [0.2, 0.25) is 0 Å². The summed E-state index contributed by atoms with van der Waals surface area (Å²) in [5.74, 6) is 0.662. The van der Waals surface area contributed by atoms with Crippen LogP contribution in [0.15, 0.2) is 16.6 Å². The van der Waals surface area contributed by atoms with Crippen LogP contribution in [0.3, 0.4) is 0 Å². The van der Waals surface area contributed by atoms with Crippen LogP contribution in [0, 0.1) is 5.92 Å². The first-order chi connectivity index (χ1) is 5.74. The Morgan fingerprint density at radius 3 is 2.50 bits per heavy atom. The lowest BCUT2D eigenvalue weighted by atomic mass is 9.90. The molecule has 68 valence electrons. The second kappa shape index (κ2) is 4.44. The summed E-state index contributed by atoms with van der Waals surface area (Å²) in [5, 5.41) is 0. The van der Waals surface area contributed by atoms with Gasteiger partial charge in [0.2, 0.25) is 0 Å². The lowest BCUT2D eigenvalue weighted by molar-refractivity contribution is 0.718. The molecule has 0 aromatic heterocycles. The van der Waals surface area contributed by atoms with E-state index in [1.165, 1.54) is 37.0 Å². The molecule has 1 heteroatoms. The van der Waals surface area contributed by atoms with E-state index in [9.17, 15) is 0 Å². The molecule has 0 saturated heterocycles. The van der Waals surface area contributed by atoms with Crippen molar-refractivity contribution < 1.29 is 0 Å². The Kier molecular flexibility index (Phi) is 3.51. The normalized spacial score (nSPS) is 25.7. The van der Waals surface area contributed by atoms with Gasteiger partial charge in [-0.05, 0) is 37.2 Å². The molecule has 0 heterocycles. The van der Waals surface area contributed by atoms with E-state index in [0.29, 0.717) is 5.92 Å². The van der Waals surface area contributed by atoms with Crippen molar-refractivity contribution in [3.8, 4) is 0 Å². The van der Waals surface area contributed by atoms with Gasteiger partial charge in [0.25, 0.3) is 0 Å². The molecule has 12 heavy (non-hydrogen) atoms. The van der Waals surface area contributed by atoms with E-state index in [4.69, 9.17) is 0 Å². The van der Waals surface area contributed by atoms with Gasteiger partial charge >= 0.3 is 0 Å². The minimum absolute atomic E-state index is 0.662. The van der Waals surface area contributed by atoms with Gasteiger partial charge in [-0.3, -0.25) is 4.99 Å². The topological polar surface area (TPSA) is 12.4 Å². The largest absolute Gasteiger partial charge is 0.293 e. The van der Waals surface area contributed by atoms with Gasteiger partial charge in [-0.15, -0.1) is 0 Å². The minimum atomic E-state index is 0.662. The summed E-state index contributed by atoms with van der Waals surface area (Å²) in [5.41, 5.74) is 2.84. The number of allylic oxidation sites excluding steroid dienone is 2. The van der Waals surface area contributed by atoms with Crippen LogP contribution in [0.25, 0.3) is 0 Å². The van der Waals surface area contributed by atoms with E-state index >= 15 is 0 Å². The van der Waals surface area contributed by atoms with E-state index < -0.39 is 0 Å². The second-order valence-corrected chi connectivity index (χ2v) is 3.81. The molecule has 0 bridgehead atoms. The first kappa shape index (κ1) is 9.50. The minimum Gasteiger partial charge on any atom is -0.293 e. The molecule has 0 aromatic rings. The van der Waals surface area contributed by atoms with E-state index in [-0.39, 0.29) is 0 Å². The molecule has 0 N–H and O–H groups in total. The second-order valence-electron chi connectivity index (χ2n) is 3.81. The van der Waals surface area contributed by atoms with Crippen LogP contribution in [-0.2, 0) is 0 Å². The van der Waals surface area contributed by atoms with Gasteiger partial charge in [0.15, 0.2) is 0 Å². The van der Waals surface area contributed by atoms with Crippen LogP contribution >= 0.6 is 0 Å². The Bertz CT molecular complexity index is 199. The zero-order chi connectivity index (χ0) is 8.97. The Morgan fingerprint density at radius 2 is 1.92 bits per heavy atom. The van der Waals surface area contributed by atoms with E-state index in [1.54, 1.807) is 0 Å². The van der Waals surface area contributed by atoms with E-state index in [0.717, 1.165) is 0 Å². The van der Waals surface area contributed by atoms with Crippen molar-refractivity contribution >= 4 is 5.71 Å². The Morgan fingerprint density at radius 1 is 1.25 bits per heavy atom. The average molecular weight is 165 g/mol. The summed E-state index contributed by atoms with van der Waals surface area (Å²) < 4.78 is 0. The van der Waals surface area contributed by atoms with Crippen molar-refractivity contribution in [2.45, 2.75) is 39.5 Å². The Hall–Kier alpha value is -0.590. The maximum Gasteiger partial charge on any atom is 0.0373 e. The quantitative estimate of drug-likeness (QED) is 0.565. The molecule has 1 aliphatic rings. The maximum atomic E-state index is 4.33. The standard InChI is InChI=1S/C11H19N/c1-9(2)8-10-6-4-5-7-11(10)12-3/h8-9H,4-7H2,1-3H3/b10-8-,12-11?. The molecular formula is C11H19N. The smallest absolute Gasteiger partial charge is 0.0373 e. The predicted octanol–water partition coefficient (Wildman–Crippen LogP) is 3.21. The Labute approximate surface area is 75.6 Å². The van der Waals surface area contributed by atoms with Crippen molar-refractivity contribution in [2.75, 3.05) is 7.05 Å². The first-order valence-electron chi connectivity index (χ1n) is 4.90. The fourth-order valence-corrected chi connectivity index (χ4v) is 1.75. The summed E-state index contributed by atoms with van der Waals surface area (Å²) in [7, 11) is 1.91. The van der Waals surface area contributed by atoms with Gasteiger partial charge in [0.1, 0.15) is 0 Å². The first-order valence-corrected chi connectivity index (χ1v) is 4.90. The lowest BCUT2D eigenvalue weighted by Gasteiger charge is -2.17. The fourth-order valence-electron chi connectivity index (χ4n) is 1.75. The number of hydrogen-bond acceptors (Lipinski definition) is 1. The molecule has 0 aromatic carbocycles. The molecule has 1 aliphatic carbocycles. The van der Waals surface area contributed by atoms with Crippen LogP contribution in [0.5, 0.6) is 0 Å². The van der Waals surface area contributed by atoms with Crippen LogP contribution < -0.4 is 0 Å². The molecule has 1 fully saturated rings. The molecule has 0 spiro atoms. The van der Waals surface area contributed by atoms with Crippen LogP contribution in [0.4, 0.5) is 0 Å². The molecule has 0 unspecified atom stereocenters. The molecule has 1 saturated carbocycles. The third kappa shape index (κ3) is 2.47. The van der Waals surface area contributed by atoms with Crippen molar-refractivity contribution in [2.24, 2.45) is 10.9 Å². The van der Waals surface area contributed by atoms with Crippen LogP contribution in [-0.4, -0.2) is 12.8 Å². The van der Waals surface area contributed by atoms with Gasteiger partial charge in [-0.2, -0.15) is 0 Å². The van der Waals surface area contributed by atoms with Crippen molar-refractivity contribution in [1.29, 1.82) is 0 Å². The third-order valence-electron chi connectivity index (χ3n) is 2.28. The predicted molar refractivity (Wildman–Crippen MR) is 54.7 cm³/mol. The summed E-state index contributed by atoms with van der Waals surface area (Å²) in [6.45, 7) is 4.46. The average Bonchev–Trinajstić information content (AvgIpc) is 2.04. The van der Waals surface area contributed by atoms with Gasteiger partial charge in [-0.1, -0.05) is 19.9 Å². The van der Waals surface area contributed by atoms with Gasteiger partial charge in [-0.25, -0.2) is 0 Å². The van der Waals surface area contributed by atoms with Gasteiger partial charge in [0.05, 0.1) is 0 Å². The van der Waals surface area contributed by atoms with Crippen molar-refractivity contribution in [3.63, 3.8) is 0 Å². The number of hydrogen-bond donors (Lipinski definition) is 0. The molecular weight excluding hydrogens is 146 g/mol. The van der Waals surface area contributed by atoms with Crippen LogP contribution in [0.1, 0.15) is 39.5 Å². The molecule has 1 nitrogen and oxygen atoms in total. The zero-order valence-electron chi connectivity index (χ0n) is 8.43. The van der Waals surface area contributed by atoms with Crippen molar-refractivity contribution in [1.82, 2.24) is 0 Å². The zero-order valence-corrected chi connectivity index (χ0v) is 8.43. The number of nitrogens with zero attached hydrogens (tertiary/aromatic N) is 1. The molecule has 0 radical (unpaired) electrons. The van der Waals surface area contributed by atoms with Gasteiger partial charge < -0.3 is 0 Å². The van der Waals surface area contributed by atoms with E-state index in [1.807, 2.05) is 7.05 Å². The third-order valence-corrected chi connectivity index (χ3v) is 2.28. The molecule has 1 rings (SSSR count). The lowest BCUT2D eigenvalue weighted by Crippen LogP contribution is -2.09. The Balaban J connectivity index is 2.72. The SMILES string of the molecule is CN=C1CCCC/C1=C/C(C)C. The summed E-state index contributed by atoms with van der Waals surface area (Å²) in [4.78, 5) is 4.33. The molecule has 0 atom stereocenters. The number of aliphatic imine (C=N–C) groups is 1. The highest BCUT2D eigenvalue weighted by Gasteiger charge is 2.12. The van der Waals surface area contributed by atoms with Crippen molar-refractivity contribution in [3.05, 3.63) is 11.6 Å². The number of rotatable bonds is 1. The highest BCUT2D eigenvalue weighted by atomic mass is 14.7. The summed E-state index contributed by atoms with van der Waals surface area (Å²) >= 11 is 0. The monoisotopic (exact) mass is 165 g/mol. The van der Waals surface area contributed by atoms with E-state index in [2.05, 4.69) is 24.9 Å². The van der Waals surface area contributed by atoms with Gasteiger partial charge in [0, 0.05) is 12.8 Å². The fraction of sp³-hybridized carbons (Fsp3) is 0.727. The summed E-state index contributed by atoms with van der Waals surface area (Å²) in [6.07, 6.45) is 7.46. The highest BCUT2D eigenvalue weighted by Crippen LogP contribution is 2.22. The molecule has 0 amide bonds. The molecule has 0 aliphatic heterocycles. The highest BCUT2D eigenvalue weighted by molar-refractivity contribution is 6.00. The summed E-state index contributed by atoms with van der Waals surface area (Å²) in [6, 6.07) is 0.